The largest absolute Gasteiger partial charge is 0.481 e. The summed E-state index contributed by atoms with van der Waals surface area (Å²) < 4.78 is 5.42. The molecule has 0 radical (unpaired) electrons. The molecule has 2 N–H and O–H groups in total. The van der Waals surface area contributed by atoms with Crippen LogP contribution in [0.4, 0.5) is 0 Å². The molecule has 1 saturated carbocycles. The number of nitrogens with zero attached hydrogens (tertiary/aromatic N) is 1. The Labute approximate surface area is 106 Å². The van der Waals surface area contributed by atoms with Crippen LogP contribution in [-0.2, 0) is 14.3 Å². The second-order valence-corrected chi connectivity index (χ2v) is 4.38. The second-order valence-electron chi connectivity index (χ2n) is 4.38. The van der Waals surface area contributed by atoms with E-state index in [1.807, 2.05) is 6.07 Å². The summed E-state index contributed by atoms with van der Waals surface area (Å²) in [5.74, 6) is -1.25. The number of hydrogen-bond acceptors (Lipinski definition) is 4. The van der Waals surface area contributed by atoms with Gasteiger partial charge in [0.25, 0.3) is 0 Å². The first kappa shape index (κ1) is 14.5. The van der Waals surface area contributed by atoms with E-state index in [1.54, 1.807) is 0 Å². The van der Waals surface area contributed by atoms with Gasteiger partial charge in [0, 0.05) is 6.54 Å². The lowest BCUT2D eigenvalue weighted by atomic mass is 9.87. The van der Waals surface area contributed by atoms with E-state index in [9.17, 15) is 9.59 Å². The van der Waals surface area contributed by atoms with Crippen molar-refractivity contribution >= 4 is 11.9 Å². The average molecular weight is 254 g/mol. The van der Waals surface area contributed by atoms with Crippen LogP contribution in [0.5, 0.6) is 0 Å². The van der Waals surface area contributed by atoms with Crippen LogP contribution < -0.4 is 5.32 Å². The van der Waals surface area contributed by atoms with Gasteiger partial charge in [-0.15, -0.1) is 0 Å². The number of rotatable bonds is 6. The monoisotopic (exact) mass is 254 g/mol. The first-order valence-electron chi connectivity index (χ1n) is 6.11. The smallest absolute Gasteiger partial charge is 0.306 e. The molecule has 0 aliphatic heterocycles. The second kappa shape index (κ2) is 7.67. The molecule has 0 aromatic heterocycles. The molecule has 0 bridgehead atoms. The standard InChI is InChI=1S/C12H18N2O4/c13-6-1-7-14-11(15)8-18-10-4-2-9(3-5-10)12(16)17/h9-10H,1-5,7-8H2,(H,14,15)(H,16,17). The molecule has 0 spiro atoms. The minimum atomic E-state index is -0.748. The Morgan fingerprint density at radius 2 is 2.00 bits per heavy atom. The highest BCUT2D eigenvalue weighted by Crippen LogP contribution is 2.26. The Morgan fingerprint density at radius 1 is 1.33 bits per heavy atom. The quantitative estimate of drug-likeness (QED) is 0.679. The first-order chi connectivity index (χ1) is 8.63. The molecule has 100 valence electrons. The normalized spacial score (nSPS) is 23.1. The molecule has 0 aromatic carbocycles. The summed E-state index contributed by atoms with van der Waals surface area (Å²) in [5, 5.41) is 19.7. The molecule has 6 heteroatoms. The van der Waals surface area contributed by atoms with Crippen molar-refractivity contribution in [2.24, 2.45) is 5.92 Å². The molecule has 1 fully saturated rings. The van der Waals surface area contributed by atoms with E-state index < -0.39 is 5.97 Å². The van der Waals surface area contributed by atoms with Crippen LogP contribution in [0.25, 0.3) is 0 Å². The van der Waals surface area contributed by atoms with Gasteiger partial charge in [-0.25, -0.2) is 0 Å². The Morgan fingerprint density at radius 3 is 2.56 bits per heavy atom. The van der Waals surface area contributed by atoms with Gasteiger partial charge in [-0.2, -0.15) is 5.26 Å². The molecule has 1 amide bonds. The van der Waals surface area contributed by atoms with Crippen LogP contribution >= 0.6 is 0 Å². The molecular weight excluding hydrogens is 236 g/mol. The van der Waals surface area contributed by atoms with E-state index in [4.69, 9.17) is 15.1 Å². The maximum atomic E-state index is 11.3. The van der Waals surface area contributed by atoms with Gasteiger partial charge in [-0.1, -0.05) is 0 Å². The molecule has 1 aliphatic carbocycles. The topological polar surface area (TPSA) is 99.4 Å². The predicted molar refractivity (Wildman–Crippen MR) is 62.6 cm³/mol. The van der Waals surface area contributed by atoms with Gasteiger partial charge in [-0.3, -0.25) is 9.59 Å². The number of aliphatic carboxylic acids is 1. The Bertz CT molecular complexity index is 329. The van der Waals surface area contributed by atoms with Crippen molar-refractivity contribution in [2.75, 3.05) is 13.2 Å². The van der Waals surface area contributed by atoms with E-state index in [0.29, 0.717) is 32.2 Å². The molecule has 0 saturated heterocycles. The minimum absolute atomic E-state index is 0.0200. The number of nitriles is 1. The maximum Gasteiger partial charge on any atom is 0.306 e. The van der Waals surface area contributed by atoms with E-state index in [0.717, 1.165) is 0 Å². The van der Waals surface area contributed by atoms with Crippen LogP contribution in [0.2, 0.25) is 0 Å². The zero-order valence-corrected chi connectivity index (χ0v) is 10.2. The summed E-state index contributed by atoms with van der Waals surface area (Å²) in [6, 6.07) is 1.93. The zero-order chi connectivity index (χ0) is 13.4. The van der Waals surface area contributed by atoms with Crippen molar-refractivity contribution in [3.8, 4) is 6.07 Å². The average Bonchev–Trinajstić information content (AvgIpc) is 2.37. The summed E-state index contributed by atoms with van der Waals surface area (Å²) in [5.41, 5.74) is 0. The highest BCUT2D eigenvalue weighted by atomic mass is 16.5. The van der Waals surface area contributed by atoms with Gasteiger partial charge in [-0.05, 0) is 25.7 Å². The molecule has 18 heavy (non-hydrogen) atoms. The molecule has 1 rings (SSSR count). The van der Waals surface area contributed by atoms with E-state index in [2.05, 4.69) is 5.32 Å². The number of nitrogens with one attached hydrogen (secondary N) is 1. The van der Waals surface area contributed by atoms with Crippen LogP contribution in [0.3, 0.4) is 0 Å². The summed E-state index contributed by atoms with van der Waals surface area (Å²) in [4.78, 5) is 22.0. The van der Waals surface area contributed by atoms with E-state index in [-0.39, 0.29) is 31.0 Å². The molecule has 6 nitrogen and oxygen atoms in total. The number of carbonyl (C=O) groups is 2. The Balaban J connectivity index is 2.12. The van der Waals surface area contributed by atoms with Crippen LogP contribution in [0, 0.1) is 17.2 Å². The maximum absolute atomic E-state index is 11.3. The van der Waals surface area contributed by atoms with Crippen molar-refractivity contribution in [2.45, 2.75) is 38.2 Å². The summed E-state index contributed by atoms with van der Waals surface area (Å²) in [7, 11) is 0. The van der Waals surface area contributed by atoms with Crippen molar-refractivity contribution in [1.29, 1.82) is 5.26 Å². The van der Waals surface area contributed by atoms with Crippen LogP contribution in [0.1, 0.15) is 32.1 Å². The fourth-order valence-corrected chi connectivity index (χ4v) is 1.98. The summed E-state index contributed by atoms with van der Waals surface area (Å²) >= 11 is 0. The van der Waals surface area contributed by atoms with Gasteiger partial charge in [0.2, 0.25) is 5.91 Å². The van der Waals surface area contributed by atoms with Crippen molar-refractivity contribution < 1.29 is 19.4 Å². The lowest BCUT2D eigenvalue weighted by Gasteiger charge is -2.25. The van der Waals surface area contributed by atoms with Crippen molar-refractivity contribution in [1.82, 2.24) is 5.32 Å². The highest BCUT2D eigenvalue weighted by molar-refractivity contribution is 5.77. The summed E-state index contributed by atoms with van der Waals surface area (Å²) in [6.07, 6.45) is 2.84. The third kappa shape index (κ3) is 5.15. The molecular formula is C12H18N2O4. The number of ether oxygens (including phenoxy) is 1. The first-order valence-corrected chi connectivity index (χ1v) is 6.11. The Kier molecular flexibility index (Phi) is 6.15. The third-order valence-corrected chi connectivity index (χ3v) is 3.03. The predicted octanol–water partition coefficient (Wildman–Crippen LogP) is 0.676. The van der Waals surface area contributed by atoms with Gasteiger partial charge >= 0.3 is 5.97 Å². The fraction of sp³-hybridized carbons (Fsp3) is 0.750. The van der Waals surface area contributed by atoms with E-state index in [1.165, 1.54) is 0 Å². The lowest BCUT2D eigenvalue weighted by Crippen LogP contribution is -2.32. The molecule has 0 atom stereocenters. The van der Waals surface area contributed by atoms with Crippen LogP contribution in [0.15, 0.2) is 0 Å². The molecule has 1 aliphatic rings. The van der Waals surface area contributed by atoms with E-state index >= 15 is 0 Å². The van der Waals surface area contributed by atoms with Crippen LogP contribution in [-0.4, -0.2) is 36.2 Å². The summed E-state index contributed by atoms with van der Waals surface area (Å²) in [6.45, 7) is 0.318. The number of amides is 1. The SMILES string of the molecule is N#CCCNC(=O)COC1CCC(C(=O)O)CC1. The third-order valence-electron chi connectivity index (χ3n) is 3.03. The number of hydrogen-bond donors (Lipinski definition) is 2. The fourth-order valence-electron chi connectivity index (χ4n) is 1.98. The van der Waals surface area contributed by atoms with Gasteiger partial charge in [0.05, 0.1) is 24.5 Å². The number of carboxylic acids is 1. The van der Waals surface area contributed by atoms with Crippen molar-refractivity contribution in [3.05, 3.63) is 0 Å². The number of carboxylic acid groups (broad SMARTS) is 1. The minimum Gasteiger partial charge on any atom is -0.481 e. The molecule has 0 heterocycles. The van der Waals surface area contributed by atoms with Gasteiger partial charge in [0.1, 0.15) is 6.61 Å². The highest BCUT2D eigenvalue weighted by Gasteiger charge is 2.26. The number of carbonyl (C=O) groups excluding carboxylic acids is 1. The van der Waals surface area contributed by atoms with Crippen molar-refractivity contribution in [3.63, 3.8) is 0 Å². The lowest BCUT2D eigenvalue weighted by molar-refractivity contribution is -0.144. The van der Waals surface area contributed by atoms with Gasteiger partial charge in [0.15, 0.2) is 0 Å². The van der Waals surface area contributed by atoms with Gasteiger partial charge < -0.3 is 15.2 Å². The Hall–Kier alpha value is -1.61. The zero-order valence-electron chi connectivity index (χ0n) is 10.2. The molecule has 0 aromatic rings. The molecule has 0 unspecified atom stereocenters.